The Labute approximate surface area is 214 Å². The predicted molar refractivity (Wildman–Crippen MR) is 133 cm³/mol. The van der Waals surface area contributed by atoms with E-state index in [1.807, 2.05) is 0 Å². The van der Waals surface area contributed by atoms with Gasteiger partial charge in [-0.1, -0.05) is 28.9 Å². The van der Waals surface area contributed by atoms with Crippen molar-refractivity contribution in [2.24, 2.45) is 4.99 Å². The fourth-order valence-corrected chi connectivity index (χ4v) is 3.54. The quantitative estimate of drug-likeness (QED) is 0.324. The van der Waals surface area contributed by atoms with Gasteiger partial charge in [-0.05, 0) is 54.0 Å². The first-order valence-corrected chi connectivity index (χ1v) is 11.4. The molecule has 0 aliphatic rings. The van der Waals surface area contributed by atoms with Crippen LogP contribution in [0.3, 0.4) is 0 Å². The van der Waals surface area contributed by atoms with Crippen LogP contribution in [0.1, 0.15) is 21.7 Å². The molecular weight excluding hydrogens is 500 g/mol. The molecule has 3 heterocycles. The smallest absolute Gasteiger partial charge is 0.278 e. The largest absolute Gasteiger partial charge is 0.436 e. The van der Waals surface area contributed by atoms with E-state index >= 15 is 0 Å². The average Bonchev–Trinajstić information content (AvgIpc) is 3.57. The van der Waals surface area contributed by atoms with Crippen molar-refractivity contribution < 1.29 is 18.6 Å². The number of halogens is 1. The lowest BCUT2D eigenvalue weighted by Gasteiger charge is -2.11. The molecule has 0 spiro atoms. The zero-order chi connectivity index (χ0) is 25.8. The van der Waals surface area contributed by atoms with Crippen LogP contribution in [0.15, 0.2) is 92.1 Å². The molecule has 186 valence electrons. The normalized spacial score (nSPS) is 11.5. The van der Waals surface area contributed by atoms with Crippen molar-refractivity contribution in [2.75, 3.05) is 5.32 Å². The van der Waals surface area contributed by atoms with E-state index in [1.165, 1.54) is 23.2 Å². The number of amides is 1. The highest BCUT2D eigenvalue weighted by Gasteiger charge is 2.16. The zero-order valence-corrected chi connectivity index (χ0v) is 20.1. The van der Waals surface area contributed by atoms with E-state index < -0.39 is 11.5 Å². The number of aromatic nitrogens is 4. The second-order valence-electron chi connectivity index (χ2n) is 7.84. The summed E-state index contributed by atoms with van der Waals surface area (Å²) in [6.07, 6.45) is 4.09. The molecular formula is C25H19ClN6O5. The second kappa shape index (κ2) is 10.4. The lowest BCUT2D eigenvalue weighted by Crippen LogP contribution is -2.38. The first kappa shape index (κ1) is 23.8. The van der Waals surface area contributed by atoms with Crippen LogP contribution in [0.2, 0.25) is 5.02 Å². The van der Waals surface area contributed by atoms with Crippen molar-refractivity contribution in [3.05, 3.63) is 111 Å². The molecule has 0 aliphatic carbocycles. The van der Waals surface area contributed by atoms with Gasteiger partial charge in [0.15, 0.2) is 0 Å². The predicted octanol–water partition coefficient (Wildman–Crippen LogP) is 4.44. The third-order valence-corrected chi connectivity index (χ3v) is 5.53. The number of aromatic amines is 1. The van der Waals surface area contributed by atoms with Gasteiger partial charge in [0.05, 0.1) is 18.4 Å². The molecule has 3 aromatic heterocycles. The number of rotatable bonds is 7. The second-order valence-corrected chi connectivity index (χ2v) is 8.28. The Bertz CT molecular complexity index is 1650. The highest BCUT2D eigenvalue weighted by Crippen LogP contribution is 2.22. The maximum absolute atomic E-state index is 13.4. The molecule has 11 nitrogen and oxygen atoms in total. The standard InChI is InChI=1S/C25H19ClN6O5/c1-15-20(12-28-37-15)23(33)30-21-13-27-25(32(24(21)34)14-16-2-4-17(26)5-3-16)29-18-6-8-19(9-7-18)36-22-10-11-35-31-22/h2-13H,14H2,1H3,(H,27,29)(H,30,33). The minimum absolute atomic E-state index is 0.0369. The van der Waals surface area contributed by atoms with E-state index in [9.17, 15) is 9.59 Å². The summed E-state index contributed by atoms with van der Waals surface area (Å²) in [5.41, 5.74) is 1.45. The lowest BCUT2D eigenvalue weighted by molar-refractivity contribution is 0.102. The SMILES string of the molecule is Cc1oncc1C(=O)Nc1c[nH]/c(=N\c2ccc(Oc3ccon3)cc2)n(Cc2ccc(Cl)cc2)c1=O. The maximum Gasteiger partial charge on any atom is 0.278 e. The van der Waals surface area contributed by atoms with E-state index in [4.69, 9.17) is 25.4 Å². The van der Waals surface area contributed by atoms with Crippen LogP contribution in [0.4, 0.5) is 11.4 Å². The van der Waals surface area contributed by atoms with E-state index in [0.717, 1.165) is 5.56 Å². The summed E-state index contributed by atoms with van der Waals surface area (Å²) < 4.78 is 16.7. The summed E-state index contributed by atoms with van der Waals surface area (Å²) in [6.45, 7) is 1.78. The molecule has 5 rings (SSSR count). The number of hydrogen-bond acceptors (Lipinski definition) is 8. The molecule has 0 atom stereocenters. The molecule has 0 fully saturated rings. The number of hydrogen-bond donors (Lipinski definition) is 2. The summed E-state index contributed by atoms with van der Waals surface area (Å²) in [4.78, 5) is 33.7. The van der Waals surface area contributed by atoms with Crippen LogP contribution in [0.5, 0.6) is 11.6 Å². The number of H-pyrrole nitrogens is 1. The van der Waals surface area contributed by atoms with Gasteiger partial charge in [-0.15, -0.1) is 0 Å². The number of anilines is 1. The van der Waals surface area contributed by atoms with Crippen LogP contribution in [0.25, 0.3) is 0 Å². The van der Waals surface area contributed by atoms with E-state index in [2.05, 4.69) is 25.6 Å². The molecule has 0 radical (unpaired) electrons. The molecule has 2 N–H and O–H groups in total. The lowest BCUT2D eigenvalue weighted by atomic mass is 10.2. The number of nitrogens with one attached hydrogen (secondary N) is 2. The van der Waals surface area contributed by atoms with Gasteiger partial charge in [-0.3, -0.25) is 14.2 Å². The van der Waals surface area contributed by atoms with Crippen molar-refractivity contribution in [3.63, 3.8) is 0 Å². The van der Waals surface area contributed by atoms with Gasteiger partial charge in [0.2, 0.25) is 5.62 Å². The number of carbonyl (C=O) groups excluding carboxylic acids is 1. The van der Waals surface area contributed by atoms with Crippen LogP contribution in [-0.4, -0.2) is 25.8 Å². The van der Waals surface area contributed by atoms with Gasteiger partial charge in [-0.25, -0.2) is 4.99 Å². The summed E-state index contributed by atoms with van der Waals surface area (Å²) in [7, 11) is 0. The number of ether oxygens (including phenoxy) is 1. The van der Waals surface area contributed by atoms with Crippen molar-refractivity contribution in [3.8, 4) is 11.6 Å². The zero-order valence-electron chi connectivity index (χ0n) is 19.3. The number of benzene rings is 2. The van der Waals surface area contributed by atoms with E-state index in [0.29, 0.717) is 28.1 Å². The van der Waals surface area contributed by atoms with Crippen molar-refractivity contribution in [2.45, 2.75) is 13.5 Å². The Morgan fingerprint density at radius 3 is 2.62 bits per heavy atom. The molecule has 2 aromatic carbocycles. The Kier molecular flexibility index (Phi) is 6.68. The summed E-state index contributed by atoms with van der Waals surface area (Å²) in [5.74, 6) is 0.687. The van der Waals surface area contributed by atoms with Gasteiger partial charge < -0.3 is 24.1 Å². The van der Waals surface area contributed by atoms with E-state index in [1.54, 1.807) is 61.5 Å². The van der Waals surface area contributed by atoms with Gasteiger partial charge in [-0.2, -0.15) is 0 Å². The summed E-state index contributed by atoms with van der Waals surface area (Å²) in [5, 5.41) is 10.5. The highest BCUT2D eigenvalue weighted by molar-refractivity contribution is 6.30. The highest BCUT2D eigenvalue weighted by atomic mass is 35.5. The minimum Gasteiger partial charge on any atom is -0.436 e. The molecule has 1 amide bonds. The number of aryl methyl sites for hydroxylation is 1. The first-order chi connectivity index (χ1) is 18.0. The Morgan fingerprint density at radius 1 is 1.16 bits per heavy atom. The molecule has 0 unspecified atom stereocenters. The van der Waals surface area contributed by atoms with Gasteiger partial charge >= 0.3 is 0 Å². The monoisotopic (exact) mass is 518 g/mol. The van der Waals surface area contributed by atoms with Gasteiger partial charge in [0, 0.05) is 17.3 Å². The third-order valence-electron chi connectivity index (χ3n) is 5.28. The topological polar surface area (TPSA) is 141 Å². The maximum atomic E-state index is 13.4. The van der Waals surface area contributed by atoms with Gasteiger partial charge in [0.1, 0.15) is 29.0 Å². The van der Waals surface area contributed by atoms with Crippen LogP contribution >= 0.6 is 11.6 Å². The van der Waals surface area contributed by atoms with E-state index in [-0.39, 0.29) is 23.4 Å². The van der Waals surface area contributed by atoms with Crippen molar-refractivity contribution >= 4 is 28.9 Å². The Morgan fingerprint density at radius 2 is 1.95 bits per heavy atom. The van der Waals surface area contributed by atoms with Crippen LogP contribution in [0, 0.1) is 6.92 Å². The molecule has 0 bridgehead atoms. The minimum atomic E-state index is -0.519. The third kappa shape index (κ3) is 5.52. The Hall–Kier alpha value is -4.90. The number of carbonyl (C=O) groups is 1. The van der Waals surface area contributed by atoms with Crippen LogP contribution < -0.4 is 21.2 Å². The fourth-order valence-electron chi connectivity index (χ4n) is 3.41. The van der Waals surface area contributed by atoms with Crippen molar-refractivity contribution in [1.82, 2.24) is 19.9 Å². The summed E-state index contributed by atoms with van der Waals surface area (Å²) >= 11 is 6.01. The van der Waals surface area contributed by atoms with Crippen LogP contribution in [-0.2, 0) is 6.54 Å². The molecule has 37 heavy (non-hydrogen) atoms. The molecule has 0 aliphatic heterocycles. The molecule has 12 heteroatoms. The Balaban J connectivity index is 1.50. The van der Waals surface area contributed by atoms with Gasteiger partial charge in [0.25, 0.3) is 17.3 Å². The molecule has 5 aromatic rings. The average molecular weight is 519 g/mol. The summed E-state index contributed by atoms with van der Waals surface area (Å²) in [6, 6.07) is 15.5. The van der Waals surface area contributed by atoms with Crippen molar-refractivity contribution in [1.29, 1.82) is 0 Å². The first-order valence-electron chi connectivity index (χ1n) is 11.0. The molecule has 0 saturated heterocycles. The number of nitrogens with zero attached hydrogens (tertiary/aromatic N) is 4. The fraction of sp³-hybridized carbons (Fsp3) is 0.0800. The molecule has 0 saturated carbocycles.